The zero-order valence-electron chi connectivity index (χ0n) is 17.4. The number of amides is 1. The van der Waals surface area contributed by atoms with Gasteiger partial charge in [0.05, 0.1) is 17.0 Å². The number of hydrogen-bond acceptors (Lipinski definition) is 6. The van der Waals surface area contributed by atoms with E-state index in [1.807, 2.05) is 6.92 Å². The van der Waals surface area contributed by atoms with Crippen molar-refractivity contribution < 1.29 is 22.7 Å². The van der Waals surface area contributed by atoms with Gasteiger partial charge in [-0.15, -0.1) is 0 Å². The molecule has 164 valence electrons. The standard InChI is InChI=1S/C20H27N3O6S/c1-4-22-13-16(20(25)21-12-18(28-2)29-3)19(24)15-11-14(7-8-17(15)22)30(26,27)23-9-5-6-10-23/h7-8,11,13,18H,4-6,9-10,12H2,1-3H3,(H,21,25). The van der Waals surface area contributed by atoms with E-state index in [0.29, 0.717) is 25.2 Å². The number of pyridine rings is 1. The molecular formula is C20H27N3O6S. The van der Waals surface area contributed by atoms with Gasteiger partial charge in [0.25, 0.3) is 5.91 Å². The smallest absolute Gasteiger partial charge is 0.256 e. The van der Waals surface area contributed by atoms with Gasteiger partial charge in [-0.2, -0.15) is 4.31 Å². The second-order valence-corrected chi connectivity index (χ2v) is 9.00. The molecule has 9 nitrogen and oxygen atoms in total. The summed E-state index contributed by atoms with van der Waals surface area (Å²) in [6.07, 6.45) is 2.50. The minimum atomic E-state index is -3.68. The third-order valence-electron chi connectivity index (χ3n) is 5.29. The van der Waals surface area contributed by atoms with Gasteiger partial charge in [-0.1, -0.05) is 0 Å². The maximum atomic E-state index is 13.1. The molecule has 1 aliphatic rings. The summed E-state index contributed by atoms with van der Waals surface area (Å²) in [6, 6.07) is 4.52. The third kappa shape index (κ3) is 4.27. The topological polar surface area (TPSA) is 107 Å². The van der Waals surface area contributed by atoms with Crippen molar-refractivity contribution in [3.63, 3.8) is 0 Å². The first-order valence-electron chi connectivity index (χ1n) is 9.84. The Morgan fingerprint density at radius 3 is 2.47 bits per heavy atom. The average molecular weight is 438 g/mol. The Bertz CT molecular complexity index is 1090. The lowest BCUT2D eigenvalue weighted by Gasteiger charge is -2.17. The Hall–Kier alpha value is -2.27. The van der Waals surface area contributed by atoms with Crippen LogP contribution in [0.1, 0.15) is 30.1 Å². The number of nitrogens with zero attached hydrogens (tertiary/aromatic N) is 2. The molecule has 10 heteroatoms. The Morgan fingerprint density at radius 1 is 1.20 bits per heavy atom. The van der Waals surface area contributed by atoms with Crippen LogP contribution in [0, 0.1) is 0 Å². The molecule has 0 spiro atoms. The minimum absolute atomic E-state index is 0.0630. The van der Waals surface area contributed by atoms with Gasteiger partial charge in [0, 0.05) is 45.4 Å². The van der Waals surface area contributed by atoms with Crippen molar-refractivity contribution in [1.29, 1.82) is 0 Å². The number of methoxy groups -OCH3 is 2. The van der Waals surface area contributed by atoms with Crippen molar-refractivity contribution in [3.8, 4) is 0 Å². The molecule has 0 atom stereocenters. The van der Waals surface area contributed by atoms with E-state index in [2.05, 4.69) is 5.32 Å². The van der Waals surface area contributed by atoms with Crippen LogP contribution in [0.15, 0.2) is 34.1 Å². The monoisotopic (exact) mass is 437 g/mol. The number of benzene rings is 1. The molecule has 2 aromatic rings. The van der Waals surface area contributed by atoms with Gasteiger partial charge >= 0.3 is 0 Å². The Kier molecular flexibility index (Phi) is 6.91. The normalized spacial score (nSPS) is 15.2. The second-order valence-electron chi connectivity index (χ2n) is 7.06. The SMILES string of the molecule is CCn1cc(C(=O)NCC(OC)OC)c(=O)c2cc(S(=O)(=O)N3CCCC3)ccc21. The summed E-state index contributed by atoms with van der Waals surface area (Å²) < 4.78 is 39.1. The first-order valence-corrected chi connectivity index (χ1v) is 11.3. The van der Waals surface area contributed by atoms with Crippen LogP contribution in [0.2, 0.25) is 0 Å². The summed E-state index contributed by atoms with van der Waals surface area (Å²) in [7, 11) is -0.782. The molecule has 0 aliphatic carbocycles. The summed E-state index contributed by atoms with van der Waals surface area (Å²) in [4.78, 5) is 25.8. The summed E-state index contributed by atoms with van der Waals surface area (Å²) in [5.41, 5.74) is -0.00540. The molecule has 0 unspecified atom stereocenters. The molecule has 1 fully saturated rings. The zero-order chi connectivity index (χ0) is 21.9. The highest BCUT2D eigenvalue weighted by atomic mass is 32.2. The van der Waals surface area contributed by atoms with E-state index >= 15 is 0 Å². The van der Waals surface area contributed by atoms with Gasteiger partial charge in [0.1, 0.15) is 5.56 Å². The van der Waals surface area contributed by atoms with Crippen LogP contribution in [0.25, 0.3) is 10.9 Å². The maximum Gasteiger partial charge on any atom is 0.256 e. The van der Waals surface area contributed by atoms with E-state index < -0.39 is 27.6 Å². The molecule has 1 aromatic carbocycles. The molecule has 1 aliphatic heterocycles. The van der Waals surface area contributed by atoms with Gasteiger partial charge < -0.3 is 19.4 Å². The largest absolute Gasteiger partial charge is 0.354 e. The van der Waals surface area contributed by atoms with Gasteiger partial charge in [-0.05, 0) is 38.0 Å². The molecule has 1 saturated heterocycles. The van der Waals surface area contributed by atoms with Crippen molar-refractivity contribution >= 4 is 26.8 Å². The van der Waals surface area contributed by atoms with Crippen molar-refractivity contribution in [2.24, 2.45) is 0 Å². The molecular weight excluding hydrogens is 410 g/mol. The summed E-state index contributed by atoms with van der Waals surface area (Å²) in [6.45, 7) is 3.41. The highest BCUT2D eigenvalue weighted by molar-refractivity contribution is 7.89. The number of rotatable bonds is 8. The van der Waals surface area contributed by atoms with E-state index in [1.165, 1.54) is 36.9 Å². The fourth-order valence-corrected chi connectivity index (χ4v) is 5.12. The number of sulfonamides is 1. The van der Waals surface area contributed by atoms with Crippen LogP contribution in [0.4, 0.5) is 0 Å². The van der Waals surface area contributed by atoms with Gasteiger partial charge in [-0.3, -0.25) is 9.59 Å². The molecule has 1 amide bonds. The Balaban J connectivity index is 2.04. The first-order chi connectivity index (χ1) is 14.3. The lowest BCUT2D eigenvalue weighted by atomic mass is 10.1. The molecule has 2 heterocycles. The van der Waals surface area contributed by atoms with E-state index in [0.717, 1.165) is 12.8 Å². The predicted molar refractivity (Wildman–Crippen MR) is 112 cm³/mol. The molecule has 1 aromatic heterocycles. The zero-order valence-corrected chi connectivity index (χ0v) is 18.2. The molecule has 0 radical (unpaired) electrons. The summed E-state index contributed by atoms with van der Waals surface area (Å²) in [5, 5.41) is 2.81. The number of carbonyl (C=O) groups is 1. The average Bonchev–Trinajstić information content (AvgIpc) is 3.30. The first kappa shape index (κ1) is 22.4. The third-order valence-corrected chi connectivity index (χ3v) is 7.19. The highest BCUT2D eigenvalue weighted by Crippen LogP contribution is 2.24. The number of aromatic nitrogens is 1. The van der Waals surface area contributed by atoms with Gasteiger partial charge in [0.2, 0.25) is 15.5 Å². The second kappa shape index (κ2) is 9.25. The summed E-state index contributed by atoms with van der Waals surface area (Å²) in [5.74, 6) is -0.573. The van der Waals surface area contributed by atoms with Gasteiger partial charge in [0.15, 0.2) is 6.29 Å². The number of hydrogen-bond donors (Lipinski definition) is 1. The lowest BCUT2D eigenvalue weighted by molar-refractivity contribution is -0.0974. The van der Waals surface area contributed by atoms with Crippen LogP contribution >= 0.6 is 0 Å². The van der Waals surface area contributed by atoms with Crippen molar-refractivity contribution in [3.05, 3.63) is 40.2 Å². The molecule has 0 saturated carbocycles. The van der Waals surface area contributed by atoms with E-state index in [1.54, 1.807) is 10.6 Å². The fourth-order valence-electron chi connectivity index (χ4n) is 3.57. The van der Waals surface area contributed by atoms with Crippen molar-refractivity contribution in [1.82, 2.24) is 14.2 Å². The number of carbonyl (C=O) groups excluding carboxylic acids is 1. The maximum absolute atomic E-state index is 13.1. The lowest BCUT2D eigenvalue weighted by Crippen LogP contribution is -2.36. The number of aryl methyl sites for hydroxylation is 1. The van der Waals surface area contributed by atoms with Crippen LogP contribution in [-0.4, -0.2) is 63.3 Å². The van der Waals surface area contributed by atoms with Crippen LogP contribution in [0.3, 0.4) is 0 Å². The van der Waals surface area contributed by atoms with E-state index in [-0.39, 0.29) is 22.4 Å². The predicted octanol–water partition coefficient (Wildman–Crippen LogP) is 1.15. The molecule has 0 bridgehead atoms. The highest BCUT2D eigenvalue weighted by Gasteiger charge is 2.28. The van der Waals surface area contributed by atoms with Crippen LogP contribution in [0.5, 0.6) is 0 Å². The van der Waals surface area contributed by atoms with E-state index in [4.69, 9.17) is 9.47 Å². The summed E-state index contributed by atoms with van der Waals surface area (Å²) >= 11 is 0. The minimum Gasteiger partial charge on any atom is -0.354 e. The van der Waals surface area contributed by atoms with E-state index in [9.17, 15) is 18.0 Å². The Labute approximate surface area is 175 Å². The Morgan fingerprint density at radius 2 is 1.87 bits per heavy atom. The van der Waals surface area contributed by atoms with Crippen molar-refractivity contribution in [2.45, 2.75) is 37.5 Å². The molecule has 1 N–H and O–H groups in total. The fraction of sp³-hybridized carbons (Fsp3) is 0.500. The van der Waals surface area contributed by atoms with Crippen molar-refractivity contribution in [2.75, 3.05) is 33.9 Å². The van der Waals surface area contributed by atoms with Crippen LogP contribution in [-0.2, 0) is 26.0 Å². The van der Waals surface area contributed by atoms with Crippen LogP contribution < -0.4 is 10.7 Å². The number of fused-ring (bicyclic) bond motifs is 1. The number of ether oxygens (including phenoxy) is 2. The number of nitrogens with one attached hydrogen (secondary N) is 1. The molecule has 30 heavy (non-hydrogen) atoms. The molecule has 3 rings (SSSR count). The van der Waals surface area contributed by atoms with Gasteiger partial charge in [-0.25, -0.2) is 8.42 Å². The quantitative estimate of drug-likeness (QED) is 0.621.